The Hall–Kier alpha value is -2.55. The summed E-state index contributed by atoms with van der Waals surface area (Å²) in [4.78, 5) is 26.2. The molecule has 2 fully saturated rings. The van der Waals surface area contributed by atoms with Crippen LogP contribution in [0.25, 0.3) is 0 Å². The van der Waals surface area contributed by atoms with Gasteiger partial charge in [0.05, 0.1) is 25.3 Å². The molecule has 1 aromatic rings. The molecule has 0 spiro atoms. The average Bonchev–Trinajstić information content (AvgIpc) is 2.73. The van der Waals surface area contributed by atoms with Crippen LogP contribution in [0.1, 0.15) is 43.7 Å². The van der Waals surface area contributed by atoms with E-state index < -0.39 is 12.1 Å². The van der Waals surface area contributed by atoms with Gasteiger partial charge in [0.1, 0.15) is 6.04 Å². The lowest BCUT2D eigenvalue weighted by Gasteiger charge is -2.46. The molecule has 1 saturated carbocycles. The number of benzene rings is 1. The highest BCUT2D eigenvalue weighted by atomic mass is 16.6. The molecular formula is C22H28N2O4. The number of nitrogens with zero attached hydrogens (tertiary/aromatic N) is 2. The molecule has 2 aliphatic rings. The van der Waals surface area contributed by atoms with Crippen molar-refractivity contribution in [1.82, 2.24) is 4.90 Å². The number of esters is 1. The topological polar surface area (TPSA) is 79.6 Å². The molecule has 1 saturated heterocycles. The summed E-state index contributed by atoms with van der Waals surface area (Å²) in [6.07, 6.45) is 4.39. The summed E-state index contributed by atoms with van der Waals surface area (Å²) < 4.78 is 10.1. The van der Waals surface area contributed by atoms with E-state index in [0.717, 1.165) is 25.7 Å². The normalized spacial score (nSPS) is 26.7. The molecule has 3 rings (SSSR count). The number of nitriles is 1. The second-order valence-corrected chi connectivity index (χ2v) is 7.84. The first-order valence-corrected chi connectivity index (χ1v) is 10.1. The van der Waals surface area contributed by atoms with Gasteiger partial charge in [0.15, 0.2) is 0 Å². The summed E-state index contributed by atoms with van der Waals surface area (Å²) in [5, 5.41) is 8.94. The van der Waals surface area contributed by atoms with Gasteiger partial charge in [0.2, 0.25) is 0 Å². The zero-order chi connectivity index (χ0) is 20.1. The Bertz CT molecular complexity index is 740. The van der Waals surface area contributed by atoms with Crippen LogP contribution in [0.4, 0.5) is 4.79 Å². The monoisotopic (exact) mass is 384 g/mol. The van der Waals surface area contributed by atoms with Crippen LogP contribution in [-0.4, -0.2) is 43.3 Å². The molecule has 1 heterocycles. The number of ether oxygens (including phenoxy) is 2. The molecule has 150 valence electrons. The van der Waals surface area contributed by atoms with E-state index in [-0.39, 0.29) is 5.97 Å². The molecule has 0 N–H and O–H groups in total. The molecule has 0 aromatic heterocycles. The Morgan fingerprint density at radius 2 is 1.93 bits per heavy atom. The van der Waals surface area contributed by atoms with Crippen molar-refractivity contribution in [3.05, 3.63) is 35.4 Å². The van der Waals surface area contributed by atoms with Gasteiger partial charge in [-0.3, -0.25) is 4.90 Å². The van der Waals surface area contributed by atoms with Crippen molar-refractivity contribution in [1.29, 1.82) is 5.26 Å². The molecule has 1 aliphatic carbocycles. The second-order valence-electron chi connectivity index (χ2n) is 7.84. The van der Waals surface area contributed by atoms with E-state index in [9.17, 15) is 9.59 Å². The quantitative estimate of drug-likeness (QED) is 0.742. The number of rotatable bonds is 4. The largest absolute Gasteiger partial charge is 0.464 e. The lowest BCUT2D eigenvalue weighted by molar-refractivity contribution is -0.152. The third-order valence-corrected chi connectivity index (χ3v) is 6.16. The highest BCUT2D eigenvalue weighted by molar-refractivity contribution is 5.81. The summed E-state index contributed by atoms with van der Waals surface area (Å²) >= 11 is 0. The number of carbonyl (C=O) groups excluding carboxylic acids is 2. The SMILES string of the molecule is CCOC(=O)C1CC2CC(Cc3ccc(C#N)cc3)CCC2CN1C(=O)OC. The maximum atomic E-state index is 12.4. The van der Waals surface area contributed by atoms with Gasteiger partial charge >= 0.3 is 12.1 Å². The van der Waals surface area contributed by atoms with E-state index in [1.54, 1.807) is 11.8 Å². The van der Waals surface area contributed by atoms with Crippen LogP contribution in [-0.2, 0) is 20.7 Å². The fraction of sp³-hybridized carbons (Fsp3) is 0.591. The highest BCUT2D eigenvalue weighted by Gasteiger charge is 2.44. The fourth-order valence-electron chi connectivity index (χ4n) is 4.76. The van der Waals surface area contributed by atoms with Crippen molar-refractivity contribution in [3.8, 4) is 6.07 Å². The molecule has 1 aliphatic heterocycles. The molecule has 0 bridgehead atoms. The van der Waals surface area contributed by atoms with E-state index in [4.69, 9.17) is 14.7 Å². The van der Waals surface area contributed by atoms with Crippen LogP contribution in [0.2, 0.25) is 0 Å². The van der Waals surface area contributed by atoms with Gasteiger partial charge in [-0.2, -0.15) is 5.26 Å². The summed E-state index contributed by atoms with van der Waals surface area (Å²) in [7, 11) is 1.35. The van der Waals surface area contributed by atoms with Crippen molar-refractivity contribution < 1.29 is 19.1 Å². The smallest absolute Gasteiger partial charge is 0.410 e. The second kappa shape index (κ2) is 9.09. The van der Waals surface area contributed by atoms with Gasteiger partial charge in [-0.1, -0.05) is 12.1 Å². The molecule has 4 unspecified atom stereocenters. The zero-order valence-electron chi connectivity index (χ0n) is 16.6. The lowest BCUT2D eigenvalue weighted by atomic mass is 9.68. The summed E-state index contributed by atoms with van der Waals surface area (Å²) in [5.74, 6) is 1.04. The van der Waals surface area contributed by atoms with Crippen LogP contribution in [0.5, 0.6) is 0 Å². The summed E-state index contributed by atoms with van der Waals surface area (Å²) in [5.41, 5.74) is 1.93. The van der Waals surface area contributed by atoms with Gasteiger partial charge in [-0.05, 0) is 74.5 Å². The molecule has 4 atom stereocenters. The molecule has 6 nitrogen and oxygen atoms in total. The van der Waals surface area contributed by atoms with Crippen LogP contribution in [0.15, 0.2) is 24.3 Å². The molecule has 6 heteroatoms. The van der Waals surface area contributed by atoms with Gasteiger partial charge in [0, 0.05) is 6.54 Å². The number of carbonyl (C=O) groups is 2. The predicted molar refractivity (Wildman–Crippen MR) is 103 cm³/mol. The number of likely N-dealkylation sites (tertiary alicyclic amines) is 1. The van der Waals surface area contributed by atoms with Gasteiger partial charge < -0.3 is 9.47 Å². The molecule has 0 radical (unpaired) electrons. The summed E-state index contributed by atoms with van der Waals surface area (Å²) in [6, 6.07) is 9.40. The minimum atomic E-state index is -0.553. The molecule has 1 aromatic carbocycles. The first-order chi connectivity index (χ1) is 13.5. The Labute approximate surface area is 166 Å². The van der Waals surface area contributed by atoms with Gasteiger partial charge in [-0.15, -0.1) is 0 Å². The van der Waals surface area contributed by atoms with Crippen molar-refractivity contribution in [2.75, 3.05) is 20.3 Å². The number of fused-ring (bicyclic) bond motifs is 1. The number of piperidine rings is 1. The Balaban J connectivity index is 1.67. The summed E-state index contributed by atoms with van der Waals surface area (Å²) in [6.45, 7) is 2.64. The van der Waals surface area contributed by atoms with Crippen molar-refractivity contribution in [2.24, 2.45) is 17.8 Å². The number of amides is 1. The van der Waals surface area contributed by atoms with E-state index in [2.05, 4.69) is 6.07 Å². The number of hydrogen-bond acceptors (Lipinski definition) is 5. The van der Waals surface area contributed by atoms with E-state index >= 15 is 0 Å². The van der Waals surface area contributed by atoms with Crippen LogP contribution in [0, 0.1) is 29.1 Å². The third-order valence-electron chi connectivity index (χ3n) is 6.16. The third kappa shape index (κ3) is 4.46. The predicted octanol–water partition coefficient (Wildman–Crippen LogP) is 3.54. The van der Waals surface area contributed by atoms with Gasteiger partial charge in [-0.25, -0.2) is 9.59 Å². The Morgan fingerprint density at radius 3 is 2.57 bits per heavy atom. The standard InChI is InChI=1S/C22H28N2O4/c1-3-28-21(25)20-12-19-11-17(10-15-4-6-16(13-23)7-5-15)8-9-18(19)14-24(20)22(26)27-2/h4-7,17-20H,3,8-12,14H2,1-2H3. The van der Waals surface area contributed by atoms with E-state index in [0.29, 0.717) is 42.9 Å². The zero-order valence-corrected chi connectivity index (χ0v) is 16.6. The number of methoxy groups -OCH3 is 1. The Morgan fingerprint density at radius 1 is 1.18 bits per heavy atom. The van der Waals surface area contributed by atoms with Crippen molar-refractivity contribution in [2.45, 2.75) is 45.1 Å². The maximum absolute atomic E-state index is 12.4. The number of hydrogen-bond donors (Lipinski definition) is 0. The first-order valence-electron chi connectivity index (χ1n) is 10.1. The Kier molecular flexibility index (Phi) is 6.56. The molecule has 1 amide bonds. The maximum Gasteiger partial charge on any atom is 0.410 e. The van der Waals surface area contributed by atoms with Crippen LogP contribution in [0.3, 0.4) is 0 Å². The minimum Gasteiger partial charge on any atom is -0.464 e. The fourth-order valence-corrected chi connectivity index (χ4v) is 4.76. The molecule has 28 heavy (non-hydrogen) atoms. The van der Waals surface area contributed by atoms with E-state index in [1.807, 2.05) is 24.3 Å². The van der Waals surface area contributed by atoms with Gasteiger partial charge in [0.25, 0.3) is 0 Å². The lowest BCUT2D eigenvalue weighted by Crippen LogP contribution is -2.55. The highest BCUT2D eigenvalue weighted by Crippen LogP contribution is 2.42. The average molecular weight is 384 g/mol. The van der Waals surface area contributed by atoms with Crippen molar-refractivity contribution in [3.63, 3.8) is 0 Å². The van der Waals surface area contributed by atoms with E-state index in [1.165, 1.54) is 12.7 Å². The molecular weight excluding hydrogens is 356 g/mol. The van der Waals surface area contributed by atoms with Crippen molar-refractivity contribution >= 4 is 12.1 Å². The van der Waals surface area contributed by atoms with Crippen LogP contribution >= 0.6 is 0 Å². The first kappa shape index (κ1) is 20.2. The minimum absolute atomic E-state index is 0.305. The van der Waals surface area contributed by atoms with Crippen LogP contribution < -0.4 is 0 Å².